The molecule has 74 valence electrons. The van der Waals surface area contributed by atoms with E-state index in [4.69, 9.17) is 0 Å². The van der Waals surface area contributed by atoms with Gasteiger partial charge in [0.2, 0.25) is 0 Å². The van der Waals surface area contributed by atoms with E-state index in [0.29, 0.717) is 0 Å². The summed E-state index contributed by atoms with van der Waals surface area (Å²) < 4.78 is 0. The first-order chi connectivity index (χ1) is 6.95. The summed E-state index contributed by atoms with van der Waals surface area (Å²) in [5.41, 5.74) is 0. The Morgan fingerprint density at radius 1 is 1.36 bits per heavy atom. The summed E-state index contributed by atoms with van der Waals surface area (Å²) in [4.78, 5) is 11.4. The summed E-state index contributed by atoms with van der Waals surface area (Å²) >= 11 is 1.67. The number of rotatable bonds is 5. The van der Waals surface area contributed by atoms with Crippen molar-refractivity contribution >= 4 is 11.3 Å². The molecular weight excluding hydrogens is 196 g/mol. The van der Waals surface area contributed by atoms with Crippen LogP contribution in [0.2, 0.25) is 0 Å². The smallest absolute Gasteiger partial charge is 0.107 e. The Morgan fingerprint density at radius 2 is 2.36 bits per heavy atom. The zero-order chi connectivity index (χ0) is 9.64. The van der Waals surface area contributed by atoms with Gasteiger partial charge in [-0.2, -0.15) is 0 Å². The Bertz CT molecular complexity index is 305. The third-order valence-electron chi connectivity index (χ3n) is 1.85. The lowest BCUT2D eigenvalue weighted by molar-refractivity contribution is 0.671. The Hall–Kier alpha value is -1.20. The molecule has 0 saturated carbocycles. The number of nitrogens with zero attached hydrogens (tertiary/aromatic N) is 2. The van der Waals surface area contributed by atoms with E-state index in [-0.39, 0.29) is 0 Å². The van der Waals surface area contributed by atoms with E-state index in [1.54, 1.807) is 17.5 Å². The number of H-pyrrole nitrogens is 1. The maximum atomic E-state index is 4.18. The molecule has 0 fully saturated rings. The van der Waals surface area contributed by atoms with Gasteiger partial charge in [0.1, 0.15) is 10.8 Å². The van der Waals surface area contributed by atoms with Crippen LogP contribution in [-0.4, -0.2) is 21.5 Å². The lowest BCUT2D eigenvalue weighted by Gasteiger charge is -1.99. The molecular formula is C9H12N4S. The molecule has 0 aromatic carbocycles. The SMILES string of the molecule is c1c[nH]c(CCNCc2nccs2)n1. The second-order valence-corrected chi connectivity index (χ2v) is 3.87. The van der Waals surface area contributed by atoms with Crippen LogP contribution >= 0.6 is 11.3 Å². The topological polar surface area (TPSA) is 53.6 Å². The summed E-state index contributed by atoms with van der Waals surface area (Å²) in [5, 5.41) is 6.43. The number of aromatic amines is 1. The molecule has 0 bridgehead atoms. The van der Waals surface area contributed by atoms with Crippen LogP contribution in [0, 0.1) is 0 Å². The largest absolute Gasteiger partial charge is 0.349 e. The number of nitrogens with one attached hydrogen (secondary N) is 2. The molecule has 0 amide bonds. The number of hydrogen-bond acceptors (Lipinski definition) is 4. The van der Waals surface area contributed by atoms with Gasteiger partial charge in [-0.1, -0.05) is 0 Å². The molecule has 0 radical (unpaired) electrons. The normalized spacial score (nSPS) is 10.6. The highest BCUT2D eigenvalue weighted by Crippen LogP contribution is 2.02. The van der Waals surface area contributed by atoms with E-state index in [1.807, 2.05) is 17.8 Å². The molecule has 2 rings (SSSR count). The predicted octanol–water partition coefficient (Wildman–Crippen LogP) is 1.20. The molecule has 2 aromatic heterocycles. The zero-order valence-corrected chi connectivity index (χ0v) is 8.55. The van der Waals surface area contributed by atoms with Crippen LogP contribution in [0.1, 0.15) is 10.8 Å². The Labute approximate surface area is 86.4 Å². The molecule has 2 N–H and O–H groups in total. The third-order valence-corrected chi connectivity index (χ3v) is 2.63. The number of aromatic nitrogens is 3. The van der Waals surface area contributed by atoms with E-state index in [9.17, 15) is 0 Å². The molecule has 4 nitrogen and oxygen atoms in total. The van der Waals surface area contributed by atoms with E-state index in [1.165, 1.54) is 0 Å². The second-order valence-electron chi connectivity index (χ2n) is 2.89. The van der Waals surface area contributed by atoms with Crippen molar-refractivity contribution in [2.45, 2.75) is 13.0 Å². The predicted molar refractivity (Wildman–Crippen MR) is 56.1 cm³/mol. The van der Waals surface area contributed by atoms with Crippen LogP contribution in [0.5, 0.6) is 0 Å². The van der Waals surface area contributed by atoms with Crippen LogP contribution in [0.15, 0.2) is 24.0 Å². The van der Waals surface area contributed by atoms with Crippen LogP contribution in [0.4, 0.5) is 0 Å². The van der Waals surface area contributed by atoms with Crippen molar-refractivity contribution in [1.82, 2.24) is 20.3 Å². The van der Waals surface area contributed by atoms with E-state index >= 15 is 0 Å². The van der Waals surface area contributed by atoms with E-state index in [0.717, 1.165) is 30.3 Å². The van der Waals surface area contributed by atoms with Gasteiger partial charge < -0.3 is 10.3 Å². The Morgan fingerprint density at radius 3 is 3.07 bits per heavy atom. The molecule has 14 heavy (non-hydrogen) atoms. The summed E-state index contributed by atoms with van der Waals surface area (Å²) in [6, 6.07) is 0. The molecule has 2 aromatic rings. The van der Waals surface area contributed by atoms with Crippen LogP contribution in [-0.2, 0) is 13.0 Å². The van der Waals surface area contributed by atoms with Gasteiger partial charge in [-0.05, 0) is 0 Å². The molecule has 0 atom stereocenters. The minimum absolute atomic E-state index is 0.846. The maximum Gasteiger partial charge on any atom is 0.107 e. The van der Waals surface area contributed by atoms with Gasteiger partial charge >= 0.3 is 0 Å². The Balaban J connectivity index is 1.65. The minimum atomic E-state index is 0.846. The highest BCUT2D eigenvalue weighted by atomic mass is 32.1. The summed E-state index contributed by atoms with van der Waals surface area (Å²) in [6.07, 6.45) is 6.37. The average molecular weight is 208 g/mol. The highest BCUT2D eigenvalue weighted by molar-refractivity contribution is 7.09. The maximum absolute atomic E-state index is 4.18. The number of thiazole rings is 1. The molecule has 0 aliphatic heterocycles. The standard InChI is InChI=1S/C9H12N4S/c1(8-11-3-4-12-8)2-10-7-9-13-5-6-14-9/h3-6,10H,1-2,7H2,(H,11,12). The first kappa shape index (κ1) is 9.36. The van der Waals surface area contributed by atoms with Crippen molar-refractivity contribution in [3.05, 3.63) is 34.8 Å². The van der Waals surface area contributed by atoms with Gasteiger partial charge in [0.25, 0.3) is 0 Å². The first-order valence-corrected chi connectivity index (χ1v) is 5.40. The van der Waals surface area contributed by atoms with Crippen molar-refractivity contribution in [3.8, 4) is 0 Å². The molecule has 2 heterocycles. The molecule has 0 aliphatic rings. The molecule has 0 aliphatic carbocycles. The fourth-order valence-corrected chi connectivity index (χ4v) is 1.76. The third kappa shape index (κ3) is 2.65. The second kappa shape index (κ2) is 4.88. The average Bonchev–Trinajstić information content (AvgIpc) is 2.86. The summed E-state index contributed by atoms with van der Waals surface area (Å²) in [7, 11) is 0. The van der Waals surface area contributed by atoms with Gasteiger partial charge in [0, 0.05) is 43.5 Å². The highest BCUT2D eigenvalue weighted by Gasteiger charge is 1.96. The van der Waals surface area contributed by atoms with Crippen molar-refractivity contribution in [2.24, 2.45) is 0 Å². The molecule has 0 saturated heterocycles. The summed E-state index contributed by atoms with van der Waals surface area (Å²) in [6.45, 7) is 1.77. The van der Waals surface area contributed by atoms with Gasteiger partial charge in [-0.15, -0.1) is 11.3 Å². The zero-order valence-electron chi connectivity index (χ0n) is 7.73. The van der Waals surface area contributed by atoms with E-state index in [2.05, 4.69) is 20.3 Å². The van der Waals surface area contributed by atoms with Gasteiger partial charge in [-0.25, -0.2) is 9.97 Å². The van der Waals surface area contributed by atoms with Crippen molar-refractivity contribution in [3.63, 3.8) is 0 Å². The molecule has 0 unspecified atom stereocenters. The van der Waals surface area contributed by atoms with Crippen molar-refractivity contribution in [2.75, 3.05) is 6.54 Å². The van der Waals surface area contributed by atoms with Gasteiger partial charge in [-0.3, -0.25) is 0 Å². The van der Waals surface area contributed by atoms with E-state index < -0.39 is 0 Å². The number of hydrogen-bond donors (Lipinski definition) is 2. The lowest BCUT2D eigenvalue weighted by atomic mass is 10.4. The van der Waals surface area contributed by atoms with Gasteiger partial charge in [0.15, 0.2) is 0 Å². The lowest BCUT2D eigenvalue weighted by Crippen LogP contribution is -2.16. The fourth-order valence-electron chi connectivity index (χ4n) is 1.18. The number of imidazole rings is 1. The monoisotopic (exact) mass is 208 g/mol. The van der Waals surface area contributed by atoms with Crippen molar-refractivity contribution in [1.29, 1.82) is 0 Å². The molecule has 0 spiro atoms. The molecule has 5 heteroatoms. The van der Waals surface area contributed by atoms with Crippen molar-refractivity contribution < 1.29 is 0 Å². The quantitative estimate of drug-likeness (QED) is 0.726. The Kier molecular flexibility index (Phi) is 3.26. The minimum Gasteiger partial charge on any atom is -0.349 e. The summed E-state index contributed by atoms with van der Waals surface area (Å²) in [5.74, 6) is 1.02. The van der Waals surface area contributed by atoms with Crippen LogP contribution in [0.3, 0.4) is 0 Å². The first-order valence-electron chi connectivity index (χ1n) is 4.52. The van der Waals surface area contributed by atoms with Gasteiger partial charge in [0.05, 0.1) is 0 Å². The van der Waals surface area contributed by atoms with Crippen LogP contribution < -0.4 is 5.32 Å². The fraction of sp³-hybridized carbons (Fsp3) is 0.333. The van der Waals surface area contributed by atoms with Crippen LogP contribution in [0.25, 0.3) is 0 Å².